The van der Waals surface area contributed by atoms with E-state index in [2.05, 4.69) is 16.4 Å². The van der Waals surface area contributed by atoms with Crippen LogP contribution in [0, 0.1) is 0 Å². The minimum Gasteiger partial charge on any atom is -0.341 e. The van der Waals surface area contributed by atoms with Crippen LogP contribution in [0.2, 0.25) is 0 Å². The lowest BCUT2D eigenvalue weighted by Gasteiger charge is -2.02. The Hall–Kier alpha value is -1.57. The number of benzene rings is 1. The van der Waals surface area contributed by atoms with Gasteiger partial charge in [-0.1, -0.05) is 18.2 Å². The van der Waals surface area contributed by atoms with E-state index in [9.17, 15) is 0 Å². The van der Waals surface area contributed by atoms with Gasteiger partial charge >= 0.3 is 0 Å². The number of hydrogen-bond acceptors (Lipinski definition) is 2. The van der Waals surface area contributed by atoms with Crippen molar-refractivity contribution in [2.24, 2.45) is 4.99 Å². The third-order valence-corrected chi connectivity index (χ3v) is 1.69. The molecule has 12 heavy (non-hydrogen) atoms. The molecule has 0 fully saturated rings. The minimum absolute atomic E-state index is 0.940. The molecule has 1 aromatic carbocycles. The van der Waals surface area contributed by atoms with Crippen LogP contribution in [0.1, 0.15) is 6.42 Å². The van der Waals surface area contributed by atoms with E-state index in [1.807, 2.05) is 36.5 Å². The number of para-hydroxylation sites is 1. The topological polar surface area (TPSA) is 24.4 Å². The Morgan fingerprint density at radius 2 is 2.00 bits per heavy atom. The van der Waals surface area contributed by atoms with Crippen LogP contribution in [0.4, 0.5) is 5.69 Å². The van der Waals surface area contributed by atoms with Crippen LogP contribution in [-0.2, 0) is 0 Å². The number of nitrogens with one attached hydrogen (secondary N) is 1. The van der Waals surface area contributed by atoms with Crippen LogP contribution >= 0.6 is 0 Å². The summed E-state index contributed by atoms with van der Waals surface area (Å²) in [5.74, 6) is 0.946. The normalized spacial score (nSPS) is 14.5. The van der Waals surface area contributed by atoms with E-state index in [0.717, 1.165) is 17.9 Å². The van der Waals surface area contributed by atoms with Crippen molar-refractivity contribution >= 4 is 11.9 Å². The van der Waals surface area contributed by atoms with E-state index < -0.39 is 0 Å². The van der Waals surface area contributed by atoms with Crippen LogP contribution < -0.4 is 5.32 Å². The molecule has 1 aliphatic heterocycles. The highest BCUT2D eigenvalue weighted by Crippen LogP contribution is 2.12. The van der Waals surface area contributed by atoms with Gasteiger partial charge in [0, 0.05) is 18.3 Å². The molecule has 0 radical (unpaired) electrons. The Bertz CT molecular complexity index is 312. The number of hydrogen-bond donors (Lipinski definition) is 1. The molecule has 0 spiro atoms. The highest BCUT2D eigenvalue weighted by Gasteiger charge is 1.97. The monoisotopic (exact) mass is 158 g/mol. The maximum atomic E-state index is 4.16. The molecule has 0 saturated carbocycles. The fraction of sp³-hybridized carbons (Fsp3) is 0.100. The zero-order valence-corrected chi connectivity index (χ0v) is 6.70. The number of anilines is 1. The van der Waals surface area contributed by atoms with E-state index >= 15 is 0 Å². The molecule has 0 atom stereocenters. The Kier molecular flexibility index (Phi) is 1.90. The van der Waals surface area contributed by atoms with Gasteiger partial charge in [-0.25, -0.2) is 4.99 Å². The van der Waals surface area contributed by atoms with E-state index in [0.29, 0.717) is 0 Å². The summed E-state index contributed by atoms with van der Waals surface area (Å²) >= 11 is 0. The molecule has 2 nitrogen and oxygen atoms in total. The minimum atomic E-state index is 0.940. The molecule has 1 heterocycles. The fourth-order valence-electron chi connectivity index (χ4n) is 1.12. The predicted molar refractivity (Wildman–Crippen MR) is 51.3 cm³/mol. The molecular formula is C10H10N2. The van der Waals surface area contributed by atoms with E-state index in [4.69, 9.17) is 0 Å². The standard InChI is InChI=1S/C10H10N2/c1-2-5-9(6-3-1)12-10-7-4-8-11-10/h1-3,5-8,12H,4H2. The second-order valence-corrected chi connectivity index (χ2v) is 2.63. The molecule has 1 aliphatic rings. The van der Waals surface area contributed by atoms with Crippen LogP contribution in [0.15, 0.2) is 47.2 Å². The third-order valence-electron chi connectivity index (χ3n) is 1.69. The van der Waals surface area contributed by atoms with Gasteiger partial charge in [-0.15, -0.1) is 0 Å². The van der Waals surface area contributed by atoms with Crippen molar-refractivity contribution < 1.29 is 0 Å². The molecule has 60 valence electrons. The highest BCUT2D eigenvalue weighted by molar-refractivity contribution is 5.66. The summed E-state index contributed by atoms with van der Waals surface area (Å²) in [4.78, 5) is 4.16. The van der Waals surface area contributed by atoms with Crippen molar-refractivity contribution in [3.63, 3.8) is 0 Å². The van der Waals surface area contributed by atoms with E-state index in [1.165, 1.54) is 0 Å². The summed E-state index contributed by atoms with van der Waals surface area (Å²) < 4.78 is 0. The smallest absolute Gasteiger partial charge is 0.126 e. The van der Waals surface area contributed by atoms with Gasteiger partial charge in [0.15, 0.2) is 0 Å². The van der Waals surface area contributed by atoms with Crippen molar-refractivity contribution in [2.45, 2.75) is 6.42 Å². The van der Waals surface area contributed by atoms with Crippen LogP contribution in [0.25, 0.3) is 0 Å². The Labute approximate surface area is 71.6 Å². The first-order chi connectivity index (χ1) is 5.95. The van der Waals surface area contributed by atoms with Crippen LogP contribution in [0.3, 0.4) is 0 Å². The van der Waals surface area contributed by atoms with Gasteiger partial charge in [-0.2, -0.15) is 0 Å². The second kappa shape index (κ2) is 3.22. The molecule has 0 saturated heterocycles. The number of nitrogens with zero attached hydrogens (tertiary/aromatic N) is 1. The zero-order valence-electron chi connectivity index (χ0n) is 6.70. The first-order valence-electron chi connectivity index (χ1n) is 4.00. The van der Waals surface area contributed by atoms with Crippen molar-refractivity contribution in [1.29, 1.82) is 0 Å². The van der Waals surface area contributed by atoms with Gasteiger partial charge < -0.3 is 5.32 Å². The van der Waals surface area contributed by atoms with Gasteiger partial charge in [-0.05, 0) is 18.2 Å². The summed E-state index contributed by atoms with van der Waals surface area (Å²) in [6, 6.07) is 10.0. The second-order valence-electron chi connectivity index (χ2n) is 2.63. The maximum absolute atomic E-state index is 4.16. The average molecular weight is 158 g/mol. The van der Waals surface area contributed by atoms with Crippen LogP contribution in [-0.4, -0.2) is 6.21 Å². The van der Waals surface area contributed by atoms with E-state index in [1.54, 1.807) is 0 Å². The molecule has 0 amide bonds. The zero-order chi connectivity index (χ0) is 8.23. The quantitative estimate of drug-likeness (QED) is 0.702. The fourth-order valence-corrected chi connectivity index (χ4v) is 1.12. The number of rotatable bonds is 2. The first kappa shape index (κ1) is 7.10. The molecule has 1 aromatic rings. The molecule has 0 bridgehead atoms. The molecule has 0 aliphatic carbocycles. The molecule has 2 rings (SSSR count). The molecule has 1 N–H and O–H groups in total. The first-order valence-corrected chi connectivity index (χ1v) is 4.00. The molecule has 0 unspecified atom stereocenters. The summed E-state index contributed by atoms with van der Waals surface area (Å²) in [5, 5.41) is 3.20. The van der Waals surface area contributed by atoms with Gasteiger partial charge in [-0.3, -0.25) is 0 Å². The van der Waals surface area contributed by atoms with Crippen molar-refractivity contribution in [2.75, 3.05) is 5.32 Å². The lowest BCUT2D eigenvalue weighted by molar-refractivity contribution is 1.33. The Balaban J connectivity index is 2.09. The maximum Gasteiger partial charge on any atom is 0.126 e. The van der Waals surface area contributed by atoms with Crippen molar-refractivity contribution in [3.8, 4) is 0 Å². The predicted octanol–water partition coefficient (Wildman–Crippen LogP) is 2.41. The van der Waals surface area contributed by atoms with Gasteiger partial charge in [0.25, 0.3) is 0 Å². The highest BCUT2D eigenvalue weighted by atomic mass is 15.0. The van der Waals surface area contributed by atoms with Crippen LogP contribution in [0.5, 0.6) is 0 Å². The van der Waals surface area contributed by atoms with Gasteiger partial charge in [0.2, 0.25) is 0 Å². The number of aliphatic imine (C=N–C) groups is 1. The summed E-state index contributed by atoms with van der Waals surface area (Å²) in [5.41, 5.74) is 1.09. The van der Waals surface area contributed by atoms with Gasteiger partial charge in [0.1, 0.15) is 5.82 Å². The summed E-state index contributed by atoms with van der Waals surface area (Å²) in [7, 11) is 0. The van der Waals surface area contributed by atoms with Gasteiger partial charge in [0.05, 0.1) is 0 Å². The lowest BCUT2D eigenvalue weighted by Crippen LogP contribution is -1.93. The Morgan fingerprint density at radius 3 is 2.67 bits per heavy atom. The number of allylic oxidation sites excluding steroid dienone is 1. The third kappa shape index (κ3) is 1.53. The SMILES string of the molecule is C1=NC(Nc2ccccc2)=CC1. The largest absolute Gasteiger partial charge is 0.341 e. The average Bonchev–Trinajstić information content (AvgIpc) is 2.59. The summed E-state index contributed by atoms with van der Waals surface area (Å²) in [6.07, 6.45) is 4.90. The molecular weight excluding hydrogens is 148 g/mol. The molecule has 2 heteroatoms. The van der Waals surface area contributed by atoms with Crippen molar-refractivity contribution in [1.82, 2.24) is 0 Å². The Morgan fingerprint density at radius 1 is 1.17 bits per heavy atom. The lowest BCUT2D eigenvalue weighted by atomic mass is 10.3. The van der Waals surface area contributed by atoms with E-state index in [-0.39, 0.29) is 0 Å². The molecule has 0 aromatic heterocycles. The van der Waals surface area contributed by atoms with Crippen molar-refractivity contribution in [3.05, 3.63) is 42.2 Å². The summed E-state index contributed by atoms with van der Waals surface area (Å²) in [6.45, 7) is 0.